The molecule has 0 aromatic carbocycles. The van der Waals surface area contributed by atoms with Gasteiger partial charge in [0.05, 0.1) is 5.69 Å². The molecule has 0 fully saturated rings. The predicted molar refractivity (Wildman–Crippen MR) is 64.2 cm³/mol. The number of anilines is 2. The molecule has 80 valence electrons. The maximum absolute atomic E-state index is 5.75. The van der Waals surface area contributed by atoms with Crippen LogP contribution >= 0.6 is 0 Å². The first kappa shape index (κ1) is 10.1. The first-order chi connectivity index (χ1) is 7.72. The predicted octanol–water partition coefficient (Wildman–Crippen LogP) is 1.35. The fourth-order valence-electron chi connectivity index (χ4n) is 1.45. The lowest BCUT2D eigenvalue weighted by Crippen LogP contribution is -1.99. The lowest BCUT2D eigenvalue weighted by molar-refractivity contribution is 1.18. The monoisotopic (exact) mass is 213 g/mol. The average Bonchev–Trinajstić information content (AvgIpc) is 2.28. The van der Waals surface area contributed by atoms with Crippen LogP contribution < -0.4 is 11.5 Å². The van der Waals surface area contributed by atoms with Gasteiger partial charge in [-0.25, -0.2) is 15.0 Å². The van der Waals surface area contributed by atoms with E-state index in [0.717, 1.165) is 11.1 Å². The summed E-state index contributed by atoms with van der Waals surface area (Å²) in [7, 11) is 0. The van der Waals surface area contributed by atoms with E-state index in [9.17, 15) is 0 Å². The molecule has 0 saturated heterocycles. The van der Waals surface area contributed by atoms with Gasteiger partial charge in [-0.2, -0.15) is 0 Å². The molecule has 0 unspecified atom stereocenters. The van der Waals surface area contributed by atoms with E-state index in [1.807, 2.05) is 6.07 Å². The van der Waals surface area contributed by atoms with E-state index in [-0.39, 0.29) is 5.95 Å². The molecule has 0 spiro atoms. The lowest BCUT2D eigenvalue weighted by atomic mass is 10.1. The molecular weight excluding hydrogens is 202 g/mol. The van der Waals surface area contributed by atoms with Gasteiger partial charge in [0.25, 0.3) is 0 Å². The maximum Gasteiger partial charge on any atom is 0.220 e. The summed E-state index contributed by atoms with van der Waals surface area (Å²) in [5.74, 6) is 0.646. The van der Waals surface area contributed by atoms with Crippen LogP contribution in [0.1, 0.15) is 5.56 Å². The standard InChI is InChI=1S/C11H11N5/c1-2-7-8(3-5-14-10(7)12)9-4-6-15-11(13)16-9/h2-6H,1H2,(H2,12,14)(H2,13,15,16). The molecule has 5 nitrogen and oxygen atoms in total. The third-order valence-corrected chi connectivity index (χ3v) is 2.18. The average molecular weight is 213 g/mol. The molecule has 4 N–H and O–H groups in total. The molecule has 0 amide bonds. The van der Waals surface area contributed by atoms with Crippen molar-refractivity contribution in [1.29, 1.82) is 0 Å². The quantitative estimate of drug-likeness (QED) is 0.785. The van der Waals surface area contributed by atoms with E-state index >= 15 is 0 Å². The fraction of sp³-hybridized carbons (Fsp3) is 0. The van der Waals surface area contributed by atoms with Crippen LogP contribution in [0.5, 0.6) is 0 Å². The van der Waals surface area contributed by atoms with Crippen molar-refractivity contribution in [3.05, 3.63) is 36.7 Å². The fourth-order valence-corrected chi connectivity index (χ4v) is 1.45. The first-order valence-electron chi connectivity index (χ1n) is 4.68. The smallest absolute Gasteiger partial charge is 0.220 e. The summed E-state index contributed by atoms with van der Waals surface area (Å²) in [6, 6.07) is 3.58. The van der Waals surface area contributed by atoms with Crippen LogP contribution in [0, 0.1) is 0 Å². The second-order valence-electron chi connectivity index (χ2n) is 3.16. The van der Waals surface area contributed by atoms with Crippen LogP contribution in [0.2, 0.25) is 0 Å². The molecule has 2 heterocycles. The summed E-state index contributed by atoms with van der Waals surface area (Å²) >= 11 is 0. The minimum atomic E-state index is 0.225. The van der Waals surface area contributed by atoms with Gasteiger partial charge in [0, 0.05) is 23.5 Å². The van der Waals surface area contributed by atoms with Crippen LogP contribution in [0.15, 0.2) is 31.1 Å². The molecule has 0 bridgehead atoms. The second-order valence-corrected chi connectivity index (χ2v) is 3.16. The van der Waals surface area contributed by atoms with Crippen LogP contribution in [0.25, 0.3) is 17.3 Å². The van der Waals surface area contributed by atoms with Crippen molar-refractivity contribution in [2.45, 2.75) is 0 Å². The van der Waals surface area contributed by atoms with Crippen molar-refractivity contribution in [3.63, 3.8) is 0 Å². The number of hydrogen-bond acceptors (Lipinski definition) is 5. The van der Waals surface area contributed by atoms with Crippen LogP contribution in [0.3, 0.4) is 0 Å². The van der Waals surface area contributed by atoms with Crippen molar-refractivity contribution in [3.8, 4) is 11.3 Å². The van der Waals surface area contributed by atoms with Gasteiger partial charge in [0.15, 0.2) is 0 Å². The highest BCUT2D eigenvalue weighted by atomic mass is 15.0. The molecular formula is C11H11N5. The van der Waals surface area contributed by atoms with Crippen LogP contribution in [-0.4, -0.2) is 15.0 Å². The van der Waals surface area contributed by atoms with E-state index in [1.54, 1.807) is 24.5 Å². The number of aromatic nitrogens is 3. The van der Waals surface area contributed by atoms with Gasteiger partial charge in [0.1, 0.15) is 5.82 Å². The Balaban J connectivity index is 2.64. The number of pyridine rings is 1. The topological polar surface area (TPSA) is 90.7 Å². The molecule has 0 atom stereocenters. The van der Waals surface area contributed by atoms with Gasteiger partial charge < -0.3 is 11.5 Å². The zero-order valence-corrected chi connectivity index (χ0v) is 8.59. The van der Waals surface area contributed by atoms with E-state index < -0.39 is 0 Å². The van der Waals surface area contributed by atoms with Crippen molar-refractivity contribution in [2.24, 2.45) is 0 Å². The summed E-state index contributed by atoms with van der Waals surface area (Å²) in [5, 5.41) is 0. The zero-order chi connectivity index (χ0) is 11.5. The van der Waals surface area contributed by atoms with Crippen molar-refractivity contribution in [1.82, 2.24) is 15.0 Å². The highest BCUT2D eigenvalue weighted by Crippen LogP contribution is 2.25. The second kappa shape index (κ2) is 3.98. The van der Waals surface area contributed by atoms with Gasteiger partial charge in [-0.05, 0) is 12.1 Å². The number of nitrogens with two attached hydrogens (primary N) is 2. The molecule has 0 radical (unpaired) electrons. The van der Waals surface area contributed by atoms with Gasteiger partial charge >= 0.3 is 0 Å². The van der Waals surface area contributed by atoms with Gasteiger partial charge in [-0.15, -0.1) is 0 Å². The van der Waals surface area contributed by atoms with E-state index in [2.05, 4.69) is 21.5 Å². The normalized spacial score (nSPS) is 10.0. The summed E-state index contributed by atoms with van der Waals surface area (Å²) in [5.41, 5.74) is 13.6. The molecule has 2 aromatic rings. The minimum absolute atomic E-state index is 0.225. The number of rotatable bonds is 2. The first-order valence-corrected chi connectivity index (χ1v) is 4.68. The zero-order valence-electron chi connectivity index (χ0n) is 8.59. The third kappa shape index (κ3) is 1.70. The van der Waals surface area contributed by atoms with Gasteiger partial charge in [0.2, 0.25) is 5.95 Å². The van der Waals surface area contributed by atoms with Crippen molar-refractivity contribution >= 4 is 17.8 Å². The number of nitrogens with zero attached hydrogens (tertiary/aromatic N) is 3. The van der Waals surface area contributed by atoms with E-state index in [1.165, 1.54) is 0 Å². The minimum Gasteiger partial charge on any atom is -0.383 e. The number of hydrogen-bond donors (Lipinski definition) is 2. The Morgan fingerprint density at radius 2 is 1.88 bits per heavy atom. The Morgan fingerprint density at radius 3 is 2.56 bits per heavy atom. The molecule has 2 aromatic heterocycles. The van der Waals surface area contributed by atoms with Crippen LogP contribution in [0.4, 0.5) is 11.8 Å². The van der Waals surface area contributed by atoms with Crippen molar-refractivity contribution < 1.29 is 0 Å². The highest BCUT2D eigenvalue weighted by molar-refractivity contribution is 5.78. The maximum atomic E-state index is 5.75. The van der Waals surface area contributed by atoms with Gasteiger partial charge in [-0.3, -0.25) is 0 Å². The van der Waals surface area contributed by atoms with E-state index in [4.69, 9.17) is 11.5 Å². The SMILES string of the molecule is C=Cc1c(-c2ccnc(N)n2)ccnc1N. The lowest BCUT2D eigenvalue weighted by Gasteiger charge is -2.07. The summed E-state index contributed by atoms with van der Waals surface area (Å²) < 4.78 is 0. The summed E-state index contributed by atoms with van der Waals surface area (Å²) in [4.78, 5) is 12.0. The van der Waals surface area contributed by atoms with E-state index in [0.29, 0.717) is 11.5 Å². The van der Waals surface area contributed by atoms with Gasteiger partial charge in [-0.1, -0.05) is 12.7 Å². The summed E-state index contributed by atoms with van der Waals surface area (Å²) in [6.07, 6.45) is 4.87. The Hall–Kier alpha value is -2.43. The number of nitrogen functional groups attached to an aromatic ring is 2. The molecule has 0 aliphatic rings. The Kier molecular flexibility index (Phi) is 2.51. The molecule has 0 saturated carbocycles. The Labute approximate surface area is 92.9 Å². The molecule has 5 heteroatoms. The Morgan fingerprint density at radius 1 is 1.12 bits per heavy atom. The highest BCUT2D eigenvalue weighted by Gasteiger charge is 2.07. The van der Waals surface area contributed by atoms with Crippen LogP contribution in [-0.2, 0) is 0 Å². The largest absolute Gasteiger partial charge is 0.383 e. The molecule has 16 heavy (non-hydrogen) atoms. The molecule has 0 aliphatic heterocycles. The van der Waals surface area contributed by atoms with Crippen molar-refractivity contribution in [2.75, 3.05) is 11.5 Å². The molecule has 2 rings (SSSR count). The summed E-state index contributed by atoms with van der Waals surface area (Å²) in [6.45, 7) is 3.71. The Bertz CT molecular complexity index is 536. The third-order valence-electron chi connectivity index (χ3n) is 2.18. The molecule has 0 aliphatic carbocycles.